The third-order valence-corrected chi connectivity index (χ3v) is 4.62. The molecule has 4 heterocycles. The number of hydrogen-bond acceptors (Lipinski definition) is 7. The normalized spacial score (nSPS) is 35.7. The van der Waals surface area contributed by atoms with Gasteiger partial charge in [0.15, 0.2) is 12.0 Å². The summed E-state index contributed by atoms with van der Waals surface area (Å²) in [7, 11) is 0. The van der Waals surface area contributed by atoms with E-state index in [1.165, 1.54) is 6.33 Å². The summed E-state index contributed by atoms with van der Waals surface area (Å²) in [6, 6.07) is 1.85. The number of aliphatic hydroxyl groups excluding tert-OH is 1. The maximum Gasteiger partial charge on any atom is 0.165 e. The van der Waals surface area contributed by atoms with E-state index < -0.39 is 23.7 Å². The van der Waals surface area contributed by atoms with Gasteiger partial charge in [0.05, 0.1) is 12.0 Å². The van der Waals surface area contributed by atoms with Gasteiger partial charge in [-0.3, -0.25) is 0 Å². The fraction of sp³-hybridized carbons (Fsp3) is 0.600. The van der Waals surface area contributed by atoms with Gasteiger partial charge in [0.1, 0.15) is 35.6 Å². The highest BCUT2D eigenvalue weighted by atomic mass is 16.8. The summed E-state index contributed by atoms with van der Waals surface area (Å²) in [6.45, 7) is 5.47. The quantitative estimate of drug-likeness (QED) is 0.843. The average Bonchev–Trinajstić information content (AvgIpc) is 3.07. The van der Waals surface area contributed by atoms with E-state index in [0.29, 0.717) is 11.5 Å². The van der Waals surface area contributed by atoms with E-state index in [4.69, 9.17) is 19.9 Å². The van der Waals surface area contributed by atoms with Gasteiger partial charge >= 0.3 is 0 Å². The van der Waals surface area contributed by atoms with Crippen LogP contribution in [0.4, 0.5) is 5.82 Å². The number of anilines is 1. The lowest BCUT2D eigenvalue weighted by Gasteiger charge is -2.28. The summed E-state index contributed by atoms with van der Waals surface area (Å²) in [4.78, 5) is 8.30. The molecular weight excluding hydrogens is 300 g/mol. The SMILES string of the molecule is CC1(C)O[C@H]2C(n3ccc4c(N)ncnc43)O[C@H](CO)[C@@]2(C)O1. The third kappa shape index (κ3) is 1.99. The van der Waals surface area contributed by atoms with Gasteiger partial charge in [-0.1, -0.05) is 0 Å². The molecule has 2 aliphatic rings. The maximum absolute atomic E-state index is 9.71. The van der Waals surface area contributed by atoms with E-state index in [0.717, 1.165) is 5.39 Å². The molecule has 0 radical (unpaired) electrons. The van der Waals surface area contributed by atoms with Crippen LogP contribution in [0.2, 0.25) is 0 Å². The van der Waals surface area contributed by atoms with Crippen molar-refractivity contribution in [1.82, 2.24) is 14.5 Å². The standard InChI is InChI=1S/C15H20N4O4/c1-14(2)22-10-13(21-9(6-20)15(10,3)23-14)19-5-4-8-11(16)17-7-18-12(8)19/h4-5,7,9-10,13,20H,6H2,1-3H3,(H2,16,17,18)/t9-,10+,13?,15-/m1/s1. The molecule has 0 amide bonds. The fourth-order valence-corrected chi connectivity index (χ4v) is 3.63. The number of aromatic nitrogens is 3. The number of rotatable bonds is 2. The fourth-order valence-electron chi connectivity index (χ4n) is 3.63. The van der Waals surface area contributed by atoms with Crippen molar-refractivity contribution in [3.63, 3.8) is 0 Å². The third-order valence-electron chi connectivity index (χ3n) is 4.62. The predicted octanol–water partition coefficient (Wildman–Crippen LogP) is 0.813. The Kier molecular flexibility index (Phi) is 2.99. The second-order valence-electron chi connectivity index (χ2n) is 6.64. The molecule has 2 aliphatic heterocycles. The van der Waals surface area contributed by atoms with Gasteiger partial charge in [0.25, 0.3) is 0 Å². The Balaban J connectivity index is 1.81. The van der Waals surface area contributed by atoms with E-state index in [-0.39, 0.29) is 12.7 Å². The summed E-state index contributed by atoms with van der Waals surface area (Å²) in [5, 5.41) is 10.5. The van der Waals surface area contributed by atoms with Crippen LogP contribution >= 0.6 is 0 Å². The van der Waals surface area contributed by atoms with Crippen molar-refractivity contribution < 1.29 is 19.3 Å². The Hall–Kier alpha value is -1.74. The number of hydrogen-bond donors (Lipinski definition) is 2. The largest absolute Gasteiger partial charge is 0.394 e. The Morgan fingerprint density at radius 2 is 2.13 bits per heavy atom. The second-order valence-corrected chi connectivity index (χ2v) is 6.64. The molecule has 4 atom stereocenters. The molecule has 0 saturated carbocycles. The molecular formula is C15H20N4O4. The molecule has 3 N–H and O–H groups in total. The molecule has 2 aromatic heterocycles. The van der Waals surface area contributed by atoms with Crippen molar-refractivity contribution in [1.29, 1.82) is 0 Å². The van der Waals surface area contributed by atoms with E-state index in [1.807, 2.05) is 37.6 Å². The average molecular weight is 320 g/mol. The first-order valence-corrected chi connectivity index (χ1v) is 7.57. The number of aliphatic hydroxyl groups is 1. The van der Waals surface area contributed by atoms with Crippen LogP contribution in [0.5, 0.6) is 0 Å². The first-order chi connectivity index (χ1) is 10.9. The number of nitrogens with two attached hydrogens (primary N) is 1. The van der Waals surface area contributed by atoms with E-state index in [1.54, 1.807) is 0 Å². The predicted molar refractivity (Wildman–Crippen MR) is 81.4 cm³/mol. The van der Waals surface area contributed by atoms with Crippen molar-refractivity contribution in [2.75, 3.05) is 12.3 Å². The lowest BCUT2D eigenvalue weighted by molar-refractivity contribution is -0.214. The van der Waals surface area contributed by atoms with E-state index in [9.17, 15) is 5.11 Å². The second kappa shape index (κ2) is 4.64. The minimum absolute atomic E-state index is 0.154. The monoisotopic (exact) mass is 320 g/mol. The molecule has 23 heavy (non-hydrogen) atoms. The van der Waals surface area contributed by atoms with Crippen molar-refractivity contribution in [3.8, 4) is 0 Å². The summed E-state index contributed by atoms with van der Waals surface area (Å²) in [5.74, 6) is -0.330. The number of fused-ring (bicyclic) bond motifs is 2. The van der Waals surface area contributed by atoms with Crippen molar-refractivity contribution >= 4 is 16.9 Å². The molecule has 2 aromatic rings. The van der Waals surface area contributed by atoms with Gasteiger partial charge in [-0.15, -0.1) is 0 Å². The van der Waals surface area contributed by atoms with Crippen LogP contribution in [0.3, 0.4) is 0 Å². The molecule has 0 bridgehead atoms. The van der Waals surface area contributed by atoms with Gasteiger partial charge in [-0.25, -0.2) is 9.97 Å². The first-order valence-electron chi connectivity index (χ1n) is 7.57. The van der Waals surface area contributed by atoms with Crippen LogP contribution in [0, 0.1) is 0 Å². The van der Waals surface area contributed by atoms with Crippen LogP contribution in [-0.2, 0) is 14.2 Å². The number of ether oxygens (including phenoxy) is 3. The Bertz CT molecular complexity index is 761. The zero-order chi connectivity index (χ0) is 16.4. The summed E-state index contributed by atoms with van der Waals surface area (Å²) in [5.41, 5.74) is 5.82. The minimum Gasteiger partial charge on any atom is -0.394 e. The number of nitrogen functional groups attached to an aromatic ring is 1. The van der Waals surface area contributed by atoms with Gasteiger partial charge < -0.3 is 29.6 Å². The van der Waals surface area contributed by atoms with Crippen molar-refractivity contribution in [3.05, 3.63) is 18.6 Å². The Labute approximate surface area is 133 Å². The lowest BCUT2D eigenvalue weighted by Crippen LogP contribution is -2.45. The van der Waals surface area contributed by atoms with Crippen LogP contribution < -0.4 is 5.73 Å². The topological polar surface area (TPSA) is 105 Å². The Morgan fingerprint density at radius 3 is 2.87 bits per heavy atom. The molecule has 0 aromatic carbocycles. The van der Waals surface area contributed by atoms with Gasteiger partial charge in [-0.05, 0) is 26.8 Å². The smallest absolute Gasteiger partial charge is 0.165 e. The van der Waals surface area contributed by atoms with Gasteiger partial charge in [-0.2, -0.15) is 0 Å². The highest BCUT2D eigenvalue weighted by Gasteiger charge is 2.63. The maximum atomic E-state index is 9.71. The molecule has 8 heteroatoms. The molecule has 1 unspecified atom stereocenters. The molecule has 124 valence electrons. The molecule has 4 rings (SSSR count). The Morgan fingerprint density at radius 1 is 1.35 bits per heavy atom. The van der Waals surface area contributed by atoms with Crippen molar-refractivity contribution in [2.24, 2.45) is 0 Å². The van der Waals surface area contributed by atoms with Gasteiger partial charge in [0.2, 0.25) is 0 Å². The molecule has 0 spiro atoms. The number of nitrogens with zero attached hydrogens (tertiary/aromatic N) is 3. The lowest BCUT2D eigenvalue weighted by atomic mass is 9.95. The highest BCUT2D eigenvalue weighted by molar-refractivity contribution is 5.86. The molecule has 2 saturated heterocycles. The minimum atomic E-state index is -0.744. The van der Waals surface area contributed by atoms with E-state index >= 15 is 0 Å². The molecule has 2 fully saturated rings. The summed E-state index contributed by atoms with van der Waals surface area (Å²) >= 11 is 0. The first kappa shape index (κ1) is 14.8. The zero-order valence-electron chi connectivity index (χ0n) is 13.3. The molecule has 0 aliphatic carbocycles. The summed E-state index contributed by atoms with van der Waals surface area (Å²) in [6.07, 6.45) is 1.93. The molecule has 8 nitrogen and oxygen atoms in total. The van der Waals surface area contributed by atoms with Gasteiger partial charge in [0, 0.05) is 6.20 Å². The van der Waals surface area contributed by atoms with Crippen LogP contribution in [0.15, 0.2) is 18.6 Å². The van der Waals surface area contributed by atoms with Crippen LogP contribution in [0.25, 0.3) is 11.0 Å². The zero-order valence-corrected chi connectivity index (χ0v) is 13.3. The van der Waals surface area contributed by atoms with Crippen molar-refractivity contribution in [2.45, 2.75) is 50.6 Å². The summed E-state index contributed by atoms with van der Waals surface area (Å²) < 4.78 is 20.0. The van der Waals surface area contributed by atoms with E-state index in [2.05, 4.69) is 9.97 Å². The highest BCUT2D eigenvalue weighted by Crippen LogP contribution is 2.50. The van der Waals surface area contributed by atoms with Crippen LogP contribution in [0.1, 0.15) is 27.0 Å². The van der Waals surface area contributed by atoms with Crippen LogP contribution in [-0.4, -0.2) is 49.8 Å².